The van der Waals surface area contributed by atoms with Crippen molar-refractivity contribution in [2.75, 3.05) is 0 Å². The van der Waals surface area contributed by atoms with Crippen LogP contribution in [0.4, 0.5) is 13.2 Å². The molecule has 0 aliphatic heterocycles. The van der Waals surface area contributed by atoms with Crippen LogP contribution < -0.4 is 4.72 Å². The van der Waals surface area contributed by atoms with Crippen molar-refractivity contribution in [2.24, 2.45) is 0 Å². The highest BCUT2D eigenvalue weighted by Gasteiger charge is 2.26. The van der Waals surface area contributed by atoms with Crippen molar-refractivity contribution in [3.8, 4) is 0 Å². The molecule has 124 valence electrons. The van der Waals surface area contributed by atoms with Crippen LogP contribution in [0.3, 0.4) is 0 Å². The fourth-order valence-electron chi connectivity index (χ4n) is 2.02. The normalized spacial score (nSPS) is 14.5. The van der Waals surface area contributed by atoms with Crippen LogP contribution in [0.25, 0.3) is 0 Å². The van der Waals surface area contributed by atoms with E-state index in [2.05, 4.69) is 4.72 Å². The monoisotopic (exact) mass is 345 g/mol. The van der Waals surface area contributed by atoms with Gasteiger partial charge in [0.15, 0.2) is 11.6 Å². The zero-order valence-electron chi connectivity index (χ0n) is 12.0. The molecule has 0 radical (unpaired) electrons. The zero-order chi connectivity index (χ0) is 17.2. The van der Waals surface area contributed by atoms with Gasteiger partial charge in [0, 0.05) is 6.04 Å². The Hall–Kier alpha value is -1.90. The highest BCUT2D eigenvalue weighted by atomic mass is 32.2. The fourth-order valence-corrected chi connectivity index (χ4v) is 3.35. The van der Waals surface area contributed by atoms with E-state index in [1.54, 1.807) is 0 Å². The van der Waals surface area contributed by atoms with Gasteiger partial charge in [-0.25, -0.2) is 26.3 Å². The van der Waals surface area contributed by atoms with Crippen LogP contribution >= 0.6 is 0 Å². The van der Waals surface area contributed by atoms with Gasteiger partial charge in [0.2, 0.25) is 10.0 Å². The zero-order valence-corrected chi connectivity index (χ0v) is 12.8. The summed E-state index contributed by atoms with van der Waals surface area (Å²) >= 11 is 0. The van der Waals surface area contributed by atoms with E-state index >= 15 is 0 Å². The van der Waals surface area contributed by atoms with Crippen LogP contribution in [0.15, 0.2) is 47.4 Å². The summed E-state index contributed by atoms with van der Waals surface area (Å²) in [6.07, 6.45) is -1.44. The van der Waals surface area contributed by atoms with Crippen molar-refractivity contribution in [3.05, 3.63) is 65.5 Å². The number of hydrogen-bond acceptors (Lipinski definition) is 3. The van der Waals surface area contributed by atoms with Crippen molar-refractivity contribution >= 4 is 10.0 Å². The van der Waals surface area contributed by atoms with Crippen LogP contribution in [0.5, 0.6) is 0 Å². The van der Waals surface area contributed by atoms with Crippen LogP contribution in [0.2, 0.25) is 0 Å². The average Bonchev–Trinajstić information content (AvgIpc) is 2.49. The van der Waals surface area contributed by atoms with Gasteiger partial charge in [-0.1, -0.05) is 18.2 Å². The minimum atomic E-state index is -4.21. The van der Waals surface area contributed by atoms with Crippen molar-refractivity contribution in [3.63, 3.8) is 0 Å². The first kappa shape index (κ1) is 17.5. The van der Waals surface area contributed by atoms with E-state index in [-0.39, 0.29) is 5.56 Å². The standard InChI is InChI=1S/C15H14F3NO3S/c1-9(15(20)10-6-7-11(16)13(18)8-10)19-23(21,22)14-5-3-2-4-12(14)17/h2-9,15,19-20H,1H3. The van der Waals surface area contributed by atoms with Crippen molar-refractivity contribution < 1.29 is 26.7 Å². The predicted molar refractivity (Wildman–Crippen MR) is 77.5 cm³/mol. The number of halogens is 3. The van der Waals surface area contributed by atoms with E-state index in [1.165, 1.54) is 19.1 Å². The van der Waals surface area contributed by atoms with Crippen LogP contribution in [-0.4, -0.2) is 19.6 Å². The van der Waals surface area contributed by atoms with Gasteiger partial charge in [0.1, 0.15) is 10.7 Å². The Labute approximate surface area is 131 Å². The molecule has 0 saturated heterocycles. The molecule has 4 nitrogen and oxygen atoms in total. The second-order valence-corrected chi connectivity index (χ2v) is 6.64. The maximum Gasteiger partial charge on any atom is 0.243 e. The Balaban J connectivity index is 2.22. The molecule has 2 aromatic rings. The van der Waals surface area contributed by atoms with Gasteiger partial charge in [-0.15, -0.1) is 0 Å². The van der Waals surface area contributed by atoms with Gasteiger partial charge < -0.3 is 5.11 Å². The Bertz CT molecular complexity index is 811. The molecular formula is C15H14F3NO3S. The summed E-state index contributed by atoms with van der Waals surface area (Å²) in [6.45, 7) is 1.32. The molecule has 0 saturated carbocycles. The van der Waals surface area contributed by atoms with Crippen LogP contribution in [0, 0.1) is 17.5 Å². The van der Waals surface area contributed by atoms with Crippen LogP contribution in [0.1, 0.15) is 18.6 Å². The number of sulfonamides is 1. The molecule has 0 bridgehead atoms. The van der Waals surface area contributed by atoms with E-state index in [1.807, 2.05) is 0 Å². The molecule has 23 heavy (non-hydrogen) atoms. The molecule has 2 unspecified atom stereocenters. The number of aliphatic hydroxyl groups is 1. The van der Waals surface area contributed by atoms with Gasteiger partial charge >= 0.3 is 0 Å². The lowest BCUT2D eigenvalue weighted by Crippen LogP contribution is -2.37. The van der Waals surface area contributed by atoms with Gasteiger partial charge in [-0.05, 0) is 36.8 Å². The van der Waals surface area contributed by atoms with Crippen LogP contribution in [-0.2, 0) is 10.0 Å². The number of aliphatic hydroxyl groups excluding tert-OH is 1. The molecule has 0 fully saturated rings. The first-order valence-corrected chi connectivity index (χ1v) is 8.10. The van der Waals surface area contributed by atoms with E-state index in [4.69, 9.17) is 0 Å². The molecule has 2 N–H and O–H groups in total. The maximum atomic E-state index is 13.6. The maximum absolute atomic E-state index is 13.6. The quantitative estimate of drug-likeness (QED) is 0.875. The second-order valence-electron chi connectivity index (χ2n) is 4.96. The summed E-state index contributed by atoms with van der Waals surface area (Å²) in [7, 11) is -4.21. The van der Waals surface area contributed by atoms with E-state index in [0.29, 0.717) is 0 Å². The summed E-state index contributed by atoms with van der Waals surface area (Å²) in [5, 5.41) is 10.1. The molecule has 2 atom stereocenters. The smallest absolute Gasteiger partial charge is 0.243 e. The first-order chi connectivity index (χ1) is 10.7. The predicted octanol–water partition coefficient (Wildman–Crippen LogP) is 2.50. The SMILES string of the molecule is CC(NS(=O)(=O)c1ccccc1F)C(O)c1ccc(F)c(F)c1. The average molecular weight is 345 g/mol. The molecule has 0 spiro atoms. The minimum absolute atomic E-state index is 0.00682. The molecule has 0 aromatic heterocycles. The Morgan fingerprint density at radius 3 is 2.26 bits per heavy atom. The fraction of sp³-hybridized carbons (Fsp3) is 0.200. The largest absolute Gasteiger partial charge is 0.387 e. The van der Waals surface area contributed by atoms with E-state index < -0.39 is 44.5 Å². The van der Waals surface area contributed by atoms with Crippen molar-refractivity contribution in [2.45, 2.75) is 24.0 Å². The lowest BCUT2D eigenvalue weighted by molar-refractivity contribution is 0.146. The third kappa shape index (κ3) is 3.90. The summed E-state index contributed by atoms with van der Waals surface area (Å²) in [4.78, 5) is -0.565. The van der Waals surface area contributed by atoms with E-state index in [0.717, 1.165) is 30.3 Å². The number of rotatable bonds is 5. The molecule has 0 heterocycles. The Morgan fingerprint density at radius 2 is 1.65 bits per heavy atom. The molecule has 2 aromatic carbocycles. The summed E-state index contributed by atoms with van der Waals surface area (Å²) in [6, 6.07) is 6.41. The van der Waals surface area contributed by atoms with Gasteiger partial charge in [-0.2, -0.15) is 0 Å². The van der Waals surface area contributed by atoms with Crippen molar-refractivity contribution in [1.29, 1.82) is 0 Å². The number of nitrogens with one attached hydrogen (secondary N) is 1. The van der Waals surface area contributed by atoms with Gasteiger partial charge in [0.05, 0.1) is 6.10 Å². The molecule has 0 aliphatic carbocycles. The lowest BCUT2D eigenvalue weighted by Gasteiger charge is -2.21. The molecule has 8 heteroatoms. The Morgan fingerprint density at radius 1 is 1.00 bits per heavy atom. The first-order valence-electron chi connectivity index (χ1n) is 6.62. The number of hydrogen-bond donors (Lipinski definition) is 2. The molecule has 0 aliphatic rings. The third-order valence-electron chi connectivity index (χ3n) is 3.23. The molecular weight excluding hydrogens is 331 g/mol. The topological polar surface area (TPSA) is 66.4 Å². The third-order valence-corrected chi connectivity index (χ3v) is 4.82. The van der Waals surface area contributed by atoms with Crippen molar-refractivity contribution in [1.82, 2.24) is 4.72 Å². The lowest BCUT2D eigenvalue weighted by atomic mass is 10.0. The van der Waals surface area contributed by atoms with Gasteiger partial charge in [0.25, 0.3) is 0 Å². The molecule has 2 rings (SSSR count). The molecule has 0 amide bonds. The minimum Gasteiger partial charge on any atom is -0.387 e. The number of benzene rings is 2. The second kappa shape index (κ2) is 6.69. The summed E-state index contributed by atoms with van der Waals surface area (Å²) < 4.78 is 66.0. The van der Waals surface area contributed by atoms with Gasteiger partial charge in [-0.3, -0.25) is 0 Å². The highest BCUT2D eigenvalue weighted by molar-refractivity contribution is 7.89. The summed E-state index contributed by atoms with van der Waals surface area (Å²) in [5.41, 5.74) is -0.00682. The highest BCUT2D eigenvalue weighted by Crippen LogP contribution is 2.21. The summed E-state index contributed by atoms with van der Waals surface area (Å²) in [5.74, 6) is -3.18. The Kier molecular flexibility index (Phi) is 5.08. The van der Waals surface area contributed by atoms with E-state index in [9.17, 15) is 26.7 Å².